The average molecular weight is 448 g/mol. The maximum Gasteiger partial charge on any atom is 0.257 e. The maximum atomic E-state index is 14.9. The summed E-state index contributed by atoms with van der Waals surface area (Å²) in [6.07, 6.45) is 4.60. The third kappa shape index (κ3) is 2.44. The quantitative estimate of drug-likeness (QED) is 0.431. The Morgan fingerprint density at radius 2 is 1.81 bits per heavy atom. The predicted molar refractivity (Wildman–Crippen MR) is 114 cm³/mol. The number of ether oxygens (including phenoxy) is 1. The van der Waals surface area contributed by atoms with Crippen LogP contribution >= 0.6 is 11.6 Å². The standard InChI is InChI=1S/C23H12ClF2N5O/c24-18-9-15-19(21(26)30-18)32-17-4-3-11(12-2-1-6-29-20(12)25)8-14(17)23(15)16-10-28-7-5-13(16)22(27)31-23/h1-10H,(H2,27,31)/t23-/m0/s1. The third-order valence-electron chi connectivity index (χ3n) is 5.72. The molecule has 4 aromatic rings. The normalized spacial score (nSPS) is 17.9. The first kappa shape index (κ1) is 18.8. The van der Waals surface area contributed by atoms with Gasteiger partial charge in [0.25, 0.3) is 5.95 Å². The molecule has 2 N–H and O–H groups in total. The highest BCUT2D eigenvalue weighted by Gasteiger charge is 2.50. The number of aromatic nitrogens is 3. The number of fused-ring (bicyclic) bond motifs is 6. The molecule has 0 amide bonds. The fraction of sp³-hybridized carbons (Fsp3) is 0.0435. The van der Waals surface area contributed by atoms with Gasteiger partial charge in [-0.05, 0) is 42.0 Å². The fourth-order valence-electron chi connectivity index (χ4n) is 4.38. The third-order valence-corrected chi connectivity index (χ3v) is 5.91. The number of hydrogen-bond donors (Lipinski definition) is 1. The molecule has 0 saturated heterocycles. The van der Waals surface area contributed by atoms with Crippen molar-refractivity contribution in [3.05, 3.63) is 100 Å². The zero-order valence-electron chi connectivity index (χ0n) is 16.2. The molecule has 6 rings (SSSR count). The van der Waals surface area contributed by atoms with Crippen molar-refractivity contribution in [2.45, 2.75) is 5.54 Å². The molecule has 32 heavy (non-hydrogen) atoms. The highest BCUT2D eigenvalue weighted by molar-refractivity contribution is 6.29. The molecule has 0 unspecified atom stereocenters. The Kier molecular flexibility index (Phi) is 3.85. The van der Waals surface area contributed by atoms with E-state index in [1.807, 2.05) is 0 Å². The number of hydrogen-bond acceptors (Lipinski definition) is 6. The van der Waals surface area contributed by atoms with Gasteiger partial charge in [0.05, 0.1) is 0 Å². The van der Waals surface area contributed by atoms with Gasteiger partial charge in [0.1, 0.15) is 22.3 Å². The molecule has 3 aromatic heterocycles. The summed E-state index contributed by atoms with van der Waals surface area (Å²) in [6, 6.07) is 11.5. The lowest BCUT2D eigenvalue weighted by Gasteiger charge is -2.35. The van der Waals surface area contributed by atoms with Gasteiger partial charge in [-0.1, -0.05) is 17.7 Å². The molecule has 1 aromatic carbocycles. The van der Waals surface area contributed by atoms with Crippen LogP contribution in [0, 0.1) is 11.9 Å². The lowest BCUT2D eigenvalue weighted by Crippen LogP contribution is -2.30. The van der Waals surface area contributed by atoms with E-state index in [4.69, 9.17) is 27.1 Å². The summed E-state index contributed by atoms with van der Waals surface area (Å²) in [4.78, 5) is 16.4. The van der Waals surface area contributed by atoms with Gasteiger partial charge in [-0.25, -0.2) is 15.0 Å². The number of rotatable bonds is 1. The maximum absolute atomic E-state index is 14.9. The second kappa shape index (κ2) is 6.54. The van der Waals surface area contributed by atoms with Crippen molar-refractivity contribution in [2.75, 3.05) is 0 Å². The molecule has 156 valence electrons. The Bertz CT molecular complexity index is 1470. The number of nitrogens with zero attached hydrogens (tertiary/aromatic N) is 4. The monoisotopic (exact) mass is 447 g/mol. The van der Waals surface area contributed by atoms with Crippen LogP contribution in [0.25, 0.3) is 11.1 Å². The van der Waals surface area contributed by atoms with Gasteiger partial charge < -0.3 is 10.5 Å². The van der Waals surface area contributed by atoms with Crippen molar-refractivity contribution in [3.63, 3.8) is 0 Å². The smallest absolute Gasteiger partial charge is 0.257 e. The van der Waals surface area contributed by atoms with Gasteiger partial charge in [0.15, 0.2) is 5.75 Å². The molecule has 5 heterocycles. The minimum atomic E-state index is -1.29. The molecule has 0 radical (unpaired) electrons. The lowest BCUT2D eigenvalue weighted by atomic mass is 9.75. The van der Waals surface area contributed by atoms with E-state index in [0.717, 1.165) is 0 Å². The van der Waals surface area contributed by atoms with Crippen molar-refractivity contribution >= 4 is 17.4 Å². The summed E-state index contributed by atoms with van der Waals surface area (Å²) in [5.74, 6) is -0.996. The number of aliphatic imine (C=N–C) groups is 1. The van der Waals surface area contributed by atoms with Gasteiger partial charge in [0, 0.05) is 46.4 Å². The number of pyridine rings is 3. The van der Waals surface area contributed by atoms with Gasteiger partial charge >= 0.3 is 0 Å². The molecular weight excluding hydrogens is 436 g/mol. The first-order valence-electron chi connectivity index (χ1n) is 9.59. The van der Waals surface area contributed by atoms with Crippen molar-refractivity contribution < 1.29 is 13.5 Å². The van der Waals surface area contributed by atoms with Crippen LogP contribution in [-0.2, 0) is 5.54 Å². The van der Waals surface area contributed by atoms with E-state index in [1.165, 1.54) is 12.3 Å². The molecule has 0 saturated carbocycles. The van der Waals surface area contributed by atoms with Crippen molar-refractivity contribution in [2.24, 2.45) is 10.7 Å². The molecule has 1 spiro atoms. The van der Waals surface area contributed by atoms with Crippen molar-refractivity contribution in [1.29, 1.82) is 0 Å². The molecule has 2 aliphatic heterocycles. The average Bonchev–Trinajstić information content (AvgIpc) is 3.08. The largest absolute Gasteiger partial charge is 0.452 e. The highest BCUT2D eigenvalue weighted by Crippen LogP contribution is 2.56. The molecule has 0 fully saturated rings. The summed E-state index contributed by atoms with van der Waals surface area (Å²) in [6.45, 7) is 0. The van der Waals surface area contributed by atoms with E-state index >= 15 is 0 Å². The molecule has 1 atom stereocenters. The van der Waals surface area contributed by atoms with Crippen LogP contribution in [0.4, 0.5) is 8.78 Å². The lowest BCUT2D eigenvalue weighted by molar-refractivity contribution is 0.385. The summed E-state index contributed by atoms with van der Waals surface area (Å²) in [7, 11) is 0. The van der Waals surface area contributed by atoms with E-state index in [9.17, 15) is 8.78 Å². The SMILES string of the molecule is NC1=N[C@]2(c3cc(-c4cccnc4F)ccc3Oc3c2cc(Cl)nc3F)c2cnccc21. The second-order valence-corrected chi connectivity index (χ2v) is 7.78. The molecule has 0 bridgehead atoms. The topological polar surface area (TPSA) is 86.3 Å². The van der Waals surface area contributed by atoms with Gasteiger partial charge in [0.2, 0.25) is 5.95 Å². The Morgan fingerprint density at radius 3 is 2.66 bits per heavy atom. The summed E-state index contributed by atoms with van der Waals surface area (Å²) in [5, 5.41) is -0.0618. The minimum absolute atomic E-state index is 0.0618. The van der Waals surface area contributed by atoms with Crippen LogP contribution in [0.1, 0.15) is 22.3 Å². The number of nitrogens with two attached hydrogens (primary N) is 1. The molecular formula is C23H12ClF2N5O. The molecule has 0 aliphatic carbocycles. The minimum Gasteiger partial charge on any atom is -0.452 e. The Balaban J connectivity index is 1.72. The van der Waals surface area contributed by atoms with Gasteiger partial charge in [-0.2, -0.15) is 8.78 Å². The zero-order valence-corrected chi connectivity index (χ0v) is 16.9. The molecule has 2 aliphatic rings. The predicted octanol–water partition coefficient (Wildman–Crippen LogP) is 4.59. The molecule has 9 heteroatoms. The number of halogens is 3. The Hall–Kier alpha value is -3.91. The van der Waals surface area contributed by atoms with Crippen LogP contribution in [0.3, 0.4) is 0 Å². The van der Waals surface area contributed by atoms with E-state index in [0.29, 0.717) is 39.1 Å². The summed E-state index contributed by atoms with van der Waals surface area (Å²) >= 11 is 6.12. The van der Waals surface area contributed by atoms with E-state index < -0.39 is 17.4 Å². The van der Waals surface area contributed by atoms with Crippen molar-refractivity contribution in [3.8, 4) is 22.6 Å². The van der Waals surface area contributed by atoms with Crippen LogP contribution in [-0.4, -0.2) is 20.8 Å². The van der Waals surface area contributed by atoms with Crippen LogP contribution in [0.5, 0.6) is 11.5 Å². The molecule has 6 nitrogen and oxygen atoms in total. The van der Waals surface area contributed by atoms with E-state index in [2.05, 4.69) is 15.0 Å². The highest BCUT2D eigenvalue weighted by atomic mass is 35.5. The second-order valence-electron chi connectivity index (χ2n) is 7.40. The van der Waals surface area contributed by atoms with Crippen LogP contribution in [0.15, 0.2) is 66.0 Å². The van der Waals surface area contributed by atoms with Gasteiger partial charge in [-0.15, -0.1) is 0 Å². The summed E-state index contributed by atoms with van der Waals surface area (Å²) in [5.41, 5.74) is 8.01. The first-order valence-corrected chi connectivity index (χ1v) is 9.97. The van der Waals surface area contributed by atoms with Crippen LogP contribution < -0.4 is 10.5 Å². The number of amidine groups is 1. The van der Waals surface area contributed by atoms with E-state index in [-0.39, 0.29) is 16.7 Å². The van der Waals surface area contributed by atoms with Gasteiger partial charge in [-0.3, -0.25) is 4.98 Å². The summed E-state index contributed by atoms with van der Waals surface area (Å²) < 4.78 is 35.2. The fourth-order valence-corrected chi connectivity index (χ4v) is 4.57. The Morgan fingerprint density at radius 1 is 0.938 bits per heavy atom. The zero-order chi connectivity index (χ0) is 22.0. The first-order chi connectivity index (χ1) is 15.5. The Labute approximate surface area is 185 Å². The van der Waals surface area contributed by atoms with Crippen LogP contribution in [0.2, 0.25) is 5.15 Å². The van der Waals surface area contributed by atoms with E-state index in [1.54, 1.807) is 48.8 Å². The number of benzene rings is 1. The van der Waals surface area contributed by atoms with Crippen molar-refractivity contribution in [1.82, 2.24) is 15.0 Å².